The predicted octanol–water partition coefficient (Wildman–Crippen LogP) is 4.93. The Labute approximate surface area is 137 Å². The van der Waals surface area contributed by atoms with Gasteiger partial charge in [-0.05, 0) is 18.2 Å². The summed E-state index contributed by atoms with van der Waals surface area (Å²) in [7, 11) is 0. The van der Waals surface area contributed by atoms with Crippen LogP contribution >= 0.6 is 11.3 Å². The maximum atomic E-state index is 13.2. The molecule has 2 aromatic carbocycles. The Morgan fingerprint density at radius 1 is 1.17 bits per heavy atom. The summed E-state index contributed by atoms with van der Waals surface area (Å²) in [6.07, 6.45) is 1.54. The van der Waals surface area contributed by atoms with Gasteiger partial charge in [0.25, 0.3) is 0 Å². The van der Waals surface area contributed by atoms with Gasteiger partial charge in [0.2, 0.25) is 0 Å². The van der Waals surface area contributed by atoms with E-state index in [9.17, 15) is 9.65 Å². The van der Waals surface area contributed by atoms with Crippen LogP contribution in [0.15, 0.2) is 66.2 Å². The van der Waals surface area contributed by atoms with Crippen LogP contribution < -0.4 is 5.32 Å². The van der Waals surface area contributed by atoms with Crippen LogP contribution in [0.5, 0.6) is 0 Å². The molecular formula is C18H12FN3S. The maximum Gasteiger partial charge on any atom is 0.136 e. The molecule has 0 amide bonds. The lowest BCUT2D eigenvalue weighted by molar-refractivity contribution is 0.628. The monoisotopic (exact) mass is 321 g/mol. The summed E-state index contributed by atoms with van der Waals surface area (Å²) in [6.45, 7) is 0. The van der Waals surface area contributed by atoms with Gasteiger partial charge in [0.05, 0.1) is 5.69 Å². The Morgan fingerprint density at radius 3 is 2.74 bits per heavy atom. The number of nitriles is 1. The molecule has 112 valence electrons. The molecule has 3 rings (SSSR count). The first kappa shape index (κ1) is 14.9. The summed E-state index contributed by atoms with van der Waals surface area (Å²) in [5.41, 5.74) is 2.82. The first-order valence-electron chi connectivity index (χ1n) is 6.90. The number of thiazole rings is 1. The molecule has 0 saturated carbocycles. The number of anilines is 1. The molecule has 1 aromatic heterocycles. The van der Waals surface area contributed by atoms with Crippen LogP contribution in [0.4, 0.5) is 10.1 Å². The number of nitrogens with zero attached hydrogens (tertiary/aromatic N) is 2. The van der Waals surface area contributed by atoms with E-state index < -0.39 is 0 Å². The molecule has 0 bridgehead atoms. The predicted molar refractivity (Wildman–Crippen MR) is 91.2 cm³/mol. The Hall–Kier alpha value is -2.97. The molecule has 0 unspecified atom stereocenters. The van der Waals surface area contributed by atoms with Crippen LogP contribution in [0.3, 0.4) is 0 Å². The van der Waals surface area contributed by atoms with E-state index in [1.54, 1.807) is 18.3 Å². The second-order valence-corrected chi connectivity index (χ2v) is 5.59. The minimum absolute atomic E-state index is 0.331. The lowest BCUT2D eigenvalue weighted by Gasteiger charge is -2.01. The van der Waals surface area contributed by atoms with E-state index in [4.69, 9.17) is 0 Å². The van der Waals surface area contributed by atoms with Crippen molar-refractivity contribution in [3.63, 3.8) is 0 Å². The molecule has 1 N–H and O–H groups in total. The van der Waals surface area contributed by atoms with Crippen LogP contribution in [-0.2, 0) is 0 Å². The van der Waals surface area contributed by atoms with Crippen molar-refractivity contribution in [2.45, 2.75) is 0 Å². The Morgan fingerprint density at radius 2 is 2.00 bits per heavy atom. The maximum absolute atomic E-state index is 13.2. The highest BCUT2D eigenvalue weighted by atomic mass is 32.1. The summed E-state index contributed by atoms with van der Waals surface area (Å²) >= 11 is 1.40. The van der Waals surface area contributed by atoms with Crippen molar-refractivity contribution in [1.82, 2.24) is 4.98 Å². The highest BCUT2D eigenvalue weighted by Crippen LogP contribution is 2.25. The zero-order valence-corrected chi connectivity index (χ0v) is 12.8. The number of allylic oxidation sites excluding steroid dienone is 1. The van der Waals surface area contributed by atoms with Gasteiger partial charge in [0.1, 0.15) is 22.5 Å². The van der Waals surface area contributed by atoms with Crippen LogP contribution in [0.25, 0.3) is 16.8 Å². The lowest BCUT2D eigenvalue weighted by Crippen LogP contribution is -1.91. The first-order valence-corrected chi connectivity index (χ1v) is 7.78. The smallest absolute Gasteiger partial charge is 0.136 e. The third-order valence-corrected chi connectivity index (χ3v) is 4.01. The molecule has 0 atom stereocenters. The third-order valence-electron chi connectivity index (χ3n) is 3.13. The fourth-order valence-corrected chi connectivity index (χ4v) is 2.81. The van der Waals surface area contributed by atoms with Crippen LogP contribution in [0.1, 0.15) is 5.01 Å². The normalized spacial score (nSPS) is 11.0. The van der Waals surface area contributed by atoms with Crippen LogP contribution in [0, 0.1) is 17.1 Å². The molecule has 0 aliphatic carbocycles. The number of hydrogen-bond acceptors (Lipinski definition) is 4. The van der Waals surface area contributed by atoms with Crippen molar-refractivity contribution in [1.29, 1.82) is 5.26 Å². The Balaban J connectivity index is 1.83. The van der Waals surface area contributed by atoms with Gasteiger partial charge in [-0.15, -0.1) is 11.3 Å². The number of benzene rings is 2. The molecule has 23 heavy (non-hydrogen) atoms. The second-order valence-electron chi connectivity index (χ2n) is 4.73. The van der Waals surface area contributed by atoms with Crippen molar-refractivity contribution < 1.29 is 4.39 Å². The minimum Gasteiger partial charge on any atom is -0.360 e. The highest BCUT2D eigenvalue weighted by molar-refractivity contribution is 7.11. The molecule has 0 radical (unpaired) electrons. The molecule has 0 fully saturated rings. The van der Waals surface area contributed by atoms with E-state index in [2.05, 4.69) is 16.4 Å². The summed E-state index contributed by atoms with van der Waals surface area (Å²) in [5, 5.41) is 14.8. The largest absolute Gasteiger partial charge is 0.360 e. The van der Waals surface area contributed by atoms with Gasteiger partial charge in [-0.1, -0.05) is 36.4 Å². The molecule has 5 heteroatoms. The van der Waals surface area contributed by atoms with E-state index in [0.29, 0.717) is 16.3 Å². The summed E-state index contributed by atoms with van der Waals surface area (Å²) < 4.78 is 13.2. The number of hydrogen-bond donors (Lipinski definition) is 1. The Bertz CT molecular complexity index is 879. The van der Waals surface area contributed by atoms with Gasteiger partial charge in [-0.3, -0.25) is 0 Å². The van der Waals surface area contributed by atoms with Gasteiger partial charge in [-0.25, -0.2) is 9.37 Å². The van der Waals surface area contributed by atoms with Crippen molar-refractivity contribution >= 4 is 22.6 Å². The SMILES string of the molecule is N#C/C(=C\Nc1cccc(F)c1)c1nc(-c2ccccc2)cs1. The van der Waals surface area contributed by atoms with E-state index in [1.165, 1.54) is 23.5 Å². The number of aromatic nitrogens is 1. The fourth-order valence-electron chi connectivity index (χ4n) is 2.01. The minimum atomic E-state index is -0.331. The van der Waals surface area contributed by atoms with Crippen molar-refractivity contribution in [2.75, 3.05) is 5.32 Å². The molecular weight excluding hydrogens is 309 g/mol. The molecule has 3 aromatic rings. The molecule has 0 saturated heterocycles. The molecule has 0 spiro atoms. The van der Waals surface area contributed by atoms with Crippen LogP contribution in [-0.4, -0.2) is 4.98 Å². The van der Waals surface area contributed by atoms with E-state index >= 15 is 0 Å². The van der Waals surface area contributed by atoms with Crippen LogP contribution in [0.2, 0.25) is 0 Å². The number of nitrogens with one attached hydrogen (secondary N) is 1. The third kappa shape index (κ3) is 3.62. The van der Waals surface area contributed by atoms with Gasteiger partial charge in [-0.2, -0.15) is 5.26 Å². The fraction of sp³-hybridized carbons (Fsp3) is 0. The van der Waals surface area contributed by atoms with E-state index in [0.717, 1.165) is 11.3 Å². The number of rotatable bonds is 4. The second kappa shape index (κ2) is 6.86. The molecule has 1 heterocycles. The van der Waals surface area contributed by atoms with Crippen molar-refractivity contribution in [2.24, 2.45) is 0 Å². The topological polar surface area (TPSA) is 48.7 Å². The average Bonchev–Trinajstić information content (AvgIpc) is 3.06. The zero-order valence-electron chi connectivity index (χ0n) is 12.0. The Kier molecular flexibility index (Phi) is 4.46. The van der Waals surface area contributed by atoms with Gasteiger partial charge in [0, 0.05) is 22.8 Å². The molecule has 3 nitrogen and oxygen atoms in total. The van der Waals surface area contributed by atoms with Gasteiger partial charge >= 0.3 is 0 Å². The lowest BCUT2D eigenvalue weighted by atomic mass is 10.2. The quantitative estimate of drug-likeness (QED) is 0.693. The highest BCUT2D eigenvalue weighted by Gasteiger charge is 2.08. The molecule has 0 aliphatic rings. The summed E-state index contributed by atoms with van der Waals surface area (Å²) in [4.78, 5) is 4.50. The summed E-state index contributed by atoms with van der Waals surface area (Å²) in [5.74, 6) is -0.331. The van der Waals surface area contributed by atoms with E-state index in [-0.39, 0.29) is 5.82 Å². The van der Waals surface area contributed by atoms with E-state index in [1.807, 2.05) is 35.7 Å². The van der Waals surface area contributed by atoms with Gasteiger partial charge in [0.15, 0.2) is 0 Å². The average molecular weight is 321 g/mol. The zero-order chi connectivity index (χ0) is 16.1. The first-order chi connectivity index (χ1) is 11.3. The van der Waals surface area contributed by atoms with Gasteiger partial charge < -0.3 is 5.32 Å². The molecule has 0 aliphatic heterocycles. The number of halogens is 1. The standard InChI is InChI=1S/C18H12FN3S/c19-15-7-4-8-16(9-15)21-11-14(10-20)18-22-17(12-23-18)13-5-2-1-3-6-13/h1-9,11-12,21H/b14-11+. The van der Waals surface area contributed by atoms with Crippen molar-refractivity contribution in [3.8, 4) is 17.3 Å². The summed E-state index contributed by atoms with van der Waals surface area (Å²) in [6, 6.07) is 18.0. The van der Waals surface area contributed by atoms with Crippen molar-refractivity contribution in [3.05, 3.63) is 77.0 Å².